The van der Waals surface area contributed by atoms with Crippen LogP contribution in [0.5, 0.6) is 0 Å². The predicted molar refractivity (Wildman–Crippen MR) is 94.1 cm³/mol. The van der Waals surface area contributed by atoms with Crippen molar-refractivity contribution < 1.29 is 13.6 Å². The zero-order chi connectivity index (χ0) is 17.9. The number of aromatic nitrogens is 2. The van der Waals surface area contributed by atoms with Gasteiger partial charge in [-0.05, 0) is 55.2 Å². The summed E-state index contributed by atoms with van der Waals surface area (Å²) in [4.78, 5) is 14.8. The van der Waals surface area contributed by atoms with Crippen LogP contribution in [-0.2, 0) is 6.54 Å². The van der Waals surface area contributed by atoms with Crippen molar-refractivity contribution in [1.29, 1.82) is 0 Å². The molecule has 0 spiro atoms. The molecule has 4 rings (SSSR count). The summed E-state index contributed by atoms with van der Waals surface area (Å²) < 4.78 is 20.7. The van der Waals surface area contributed by atoms with E-state index in [0.717, 1.165) is 24.8 Å². The number of carbonyl (C=O) groups excluding carboxylic acids is 1. The highest BCUT2D eigenvalue weighted by atomic mass is 19.1. The molecule has 6 heteroatoms. The topological polar surface area (TPSA) is 51.3 Å². The minimum Gasteiger partial charge on any atom is -0.454 e. The van der Waals surface area contributed by atoms with Crippen LogP contribution in [-0.4, -0.2) is 27.1 Å². The highest BCUT2D eigenvalue weighted by Gasteiger charge is 2.30. The lowest BCUT2D eigenvalue weighted by Crippen LogP contribution is -2.38. The van der Waals surface area contributed by atoms with Crippen molar-refractivity contribution in [3.8, 4) is 0 Å². The predicted octanol–water partition coefficient (Wildman–Crippen LogP) is 4.03. The maximum atomic E-state index is 13.2. The van der Waals surface area contributed by atoms with Gasteiger partial charge < -0.3 is 9.32 Å². The molecule has 0 bridgehead atoms. The second-order valence-electron chi connectivity index (χ2n) is 6.53. The molecule has 0 aliphatic carbocycles. The number of rotatable bonds is 4. The minimum atomic E-state index is -0.267. The first-order valence-electron chi connectivity index (χ1n) is 8.83. The normalized spacial score (nSPS) is 17.4. The van der Waals surface area contributed by atoms with Crippen molar-refractivity contribution in [1.82, 2.24) is 14.7 Å². The summed E-state index contributed by atoms with van der Waals surface area (Å²) in [6, 6.07) is 11.7. The Bertz CT molecular complexity index is 871. The summed E-state index contributed by atoms with van der Waals surface area (Å²) >= 11 is 0. The van der Waals surface area contributed by atoms with Crippen molar-refractivity contribution in [3.05, 3.63) is 77.8 Å². The van der Waals surface area contributed by atoms with E-state index in [1.165, 1.54) is 12.1 Å². The van der Waals surface area contributed by atoms with Crippen LogP contribution in [0.3, 0.4) is 0 Å². The lowest BCUT2D eigenvalue weighted by molar-refractivity contribution is 0.0576. The van der Waals surface area contributed by atoms with Gasteiger partial charge in [0, 0.05) is 18.9 Å². The average molecular weight is 353 g/mol. The fraction of sp³-hybridized carbons (Fsp3) is 0.300. The molecule has 134 valence electrons. The fourth-order valence-electron chi connectivity index (χ4n) is 3.48. The highest BCUT2D eigenvalue weighted by molar-refractivity contribution is 5.92. The fourth-order valence-corrected chi connectivity index (χ4v) is 3.48. The number of hydrogen-bond donors (Lipinski definition) is 0. The van der Waals surface area contributed by atoms with Crippen LogP contribution >= 0.6 is 0 Å². The number of carbonyl (C=O) groups is 1. The van der Waals surface area contributed by atoms with Crippen LogP contribution in [0.4, 0.5) is 4.39 Å². The van der Waals surface area contributed by atoms with Gasteiger partial charge in [0.05, 0.1) is 12.6 Å². The molecule has 0 N–H and O–H groups in total. The van der Waals surface area contributed by atoms with Gasteiger partial charge in [0.1, 0.15) is 11.6 Å². The second kappa shape index (κ2) is 7.15. The first-order chi connectivity index (χ1) is 12.7. The quantitative estimate of drug-likeness (QED) is 0.711. The maximum absolute atomic E-state index is 13.2. The van der Waals surface area contributed by atoms with Crippen molar-refractivity contribution in [2.24, 2.45) is 0 Å². The van der Waals surface area contributed by atoms with Crippen LogP contribution in [0.1, 0.15) is 47.2 Å². The molecule has 3 heterocycles. The Balaban J connectivity index is 1.53. The van der Waals surface area contributed by atoms with E-state index in [2.05, 4.69) is 5.10 Å². The molecule has 1 atom stereocenters. The van der Waals surface area contributed by atoms with E-state index in [0.29, 0.717) is 24.6 Å². The van der Waals surface area contributed by atoms with Gasteiger partial charge in [-0.1, -0.05) is 12.1 Å². The second-order valence-corrected chi connectivity index (χ2v) is 6.53. The lowest BCUT2D eigenvalue weighted by atomic mass is 9.95. The number of hydrogen-bond acceptors (Lipinski definition) is 3. The number of likely N-dealkylation sites (tertiary alicyclic amines) is 1. The van der Waals surface area contributed by atoms with Gasteiger partial charge in [-0.2, -0.15) is 5.10 Å². The van der Waals surface area contributed by atoms with Crippen molar-refractivity contribution in [2.75, 3.05) is 6.54 Å². The number of piperidine rings is 1. The zero-order valence-electron chi connectivity index (χ0n) is 14.3. The van der Waals surface area contributed by atoms with Crippen molar-refractivity contribution in [3.63, 3.8) is 0 Å². The third-order valence-corrected chi connectivity index (χ3v) is 4.77. The first kappa shape index (κ1) is 16.6. The Morgan fingerprint density at radius 2 is 2.04 bits per heavy atom. The Hall–Kier alpha value is -2.89. The van der Waals surface area contributed by atoms with E-state index in [9.17, 15) is 9.18 Å². The molecule has 2 aromatic heterocycles. The molecule has 1 saturated heterocycles. The van der Waals surface area contributed by atoms with E-state index in [-0.39, 0.29) is 17.8 Å². The summed E-state index contributed by atoms with van der Waals surface area (Å²) in [6.07, 6.45) is 6.44. The molecular formula is C20H20FN3O2. The standard InChI is InChI=1S/C20H20FN3O2/c21-16-7-5-15(6-8-16)18-4-1-2-13-24(18)20(25)19-10-9-17(26-19)14-23-12-3-11-22-23/h3,5-12,18H,1-2,4,13-14H2/t18-/m0/s1. The molecule has 1 aromatic carbocycles. The number of halogens is 1. The van der Waals surface area contributed by atoms with Gasteiger partial charge in [0.25, 0.3) is 5.91 Å². The molecule has 3 aromatic rings. The van der Waals surface area contributed by atoms with Crippen LogP contribution < -0.4 is 0 Å². The largest absolute Gasteiger partial charge is 0.454 e. The van der Waals surface area contributed by atoms with E-state index in [1.54, 1.807) is 29.1 Å². The van der Waals surface area contributed by atoms with E-state index < -0.39 is 0 Å². The van der Waals surface area contributed by atoms with Crippen LogP contribution in [0.2, 0.25) is 0 Å². The monoisotopic (exact) mass is 353 g/mol. The zero-order valence-corrected chi connectivity index (χ0v) is 14.3. The van der Waals surface area contributed by atoms with E-state index in [4.69, 9.17) is 4.42 Å². The van der Waals surface area contributed by atoms with Gasteiger partial charge in [0.2, 0.25) is 0 Å². The van der Waals surface area contributed by atoms with Gasteiger partial charge in [0.15, 0.2) is 5.76 Å². The summed E-state index contributed by atoms with van der Waals surface area (Å²) in [5.74, 6) is 0.635. The summed E-state index contributed by atoms with van der Waals surface area (Å²) in [5.41, 5.74) is 0.961. The molecule has 0 saturated carbocycles. The van der Waals surface area contributed by atoms with Crippen molar-refractivity contribution >= 4 is 5.91 Å². The molecule has 1 fully saturated rings. The molecule has 1 aliphatic rings. The third-order valence-electron chi connectivity index (χ3n) is 4.77. The number of nitrogens with zero attached hydrogens (tertiary/aromatic N) is 3. The van der Waals surface area contributed by atoms with Gasteiger partial charge in [-0.25, -0.2) is 4.39 Å². The van der Waals surface area contributed by atoms with Crippen LogP contribution in [0, 0.1) is 5.82 Å². The molecule has 5 nitrogen and oxygen atoms in total. The average Bonchev–Trinajstić information content (AvgIpc) is 3.34. The number of amides is 1. The Labute approximate surface area is 151 Å². The maximum Gasteiger partial charge on any atom is 0.290 e. The minimum absolute atomic E-state index is 0.0449. The Morgan fingerprint density at radius 3 is 2.81 bits per heavy atom. The molecule has 1 amide bonds. The molecule has 1 aliphatic heterocycles. The number of furan rings is 1. The summed E-state index contributed by atoms with van der Waals surface area (Å²) in [6.45, 7) is 1.16. The molecule has 26 heavy (non-hydrogen) atoms. The van der Waals surface area contributed by atoms with Gasteiger partial charge >= 0.3 is 0 Å². The third kappa shape index (κ3) is 3.40. The van der Waals surface area contributed by atoms with Crippen LogP contribution in [0.15, 0.2) is 59.3 Å². The van der Waals surface area contributed by atoms with Gasteiger partial charge in [-0.15, -0.1) is 0 Å². The summed E-state index contributed by atoms with van der Waals surface area (Å²) in [7, 11) is 0. The van der Waals surface area contributed by atoms with E-state index in [1.807, 2.05) is 23.2 Å². The molecule has 0 unspecified atom stereocenters. The highest BCUT2D eigenvalue weighted by Crippen LogP contribution is 2.32. The van der Waals surface area contributed by atoms with Gasteiger partial charge in [-0.3, -0.25) is 9.48 Å². The summed E-state index contributed by atoms with van der Waals surface area (Å²) in [5, 5.41) is 4.14. The lowest BCUT2D eigenvalue weighted by Gasteiger charge is -2.35. The van der Waals surface area contributed by atoms with Crippen LogP contribution in [0.25, 0.3) is 0 Å². The van der Waals surface area contributed by atoms with Crippen molar-refractivity contribution in [2.45, 2.75) is 31.8 Å². The Kier molecular flexibility index (Phi) is 4.56. The smallest absolute Gasteiger partial charge is 0.290 e. The first-order valence-corrected chi connectivity index (χ1v) is 8.83. The molecular weight excluding hydrogens is 333 g/mol. The molecule has 0 radical (unpaired) electrons. The van der Waals surface area contributed by atoms with E-state index >= 15 is 0 Å². The SMILES string of the molecule is O=C(c1ccc(Cn2cccn2)o1)N1CCCC[C@H]1c1ccc(F)cc1. The Morgan fingerprint density at radius 1 is 1.19 bits per heavy atom. The number of benzene rings is 1.